The number of carbonyl (C=O) groups is 3. The molecule has 7 heteroatoms. The van der Waals surface area contributed by atoms with E-state index in [1.54, 1.807) is 24.3 Å². The molecular weight excluding hydrogens is 444 g/mol. The molecule has 1 amide bonds. The number of esters is 1. The number of amides is 1. The lowest BCUT2D eigenvalue weighted by Gasteiger charge is -2.28. The number of nitrogens with one attached hydrogen (secondary N) is 1. The quantitative estimate of drug-likeness (QED) is 0.411. The number of rotatable bonds is 7. The lowest BCUT2D eigenvalue weighted by Crippen LogP contribution is -2.36. The average molecular weight is 473 g/mol. The Bertz CT molecular complexity index is 1230. The van der Waals surface area contributed by atoms with E-state index in [1.165, 1.54) is 6.07 Å². The molecule has 4 rings (SSSR count). The summed E-state index contributed by atoms with van der Waals surface area (Å²) in [5, 5.41) is 2.73. The molecule has 0 bridgehead atoms. The van der Waals surface area contributed by atoms with Gasteiger partial charge in [0.25, 0.3) is 5.91 Å². The number of benzene rings is 3. The normalized spacial score (nSPS) is 13.3. The van der Waals surface area contributed by atoms with Gasteiger partial charge in [0, 0.05) is 35.6 Å². The van der Waals surface area contributed by atoms with Crippen molar-refractivity contribution in [3.63, 3.8) is 0 Å². The molecule has 0 radical (unpaired) electrons. The summed E-state index contributed by atoms with van der Waals surface area (Å²) in [4.78, 5) is 40.5. The molecule has 3 aromatic rings. The second-order valence-corrected chi connectivity index (χ2v) is 8.46. The molecule has 0 aliphatic carbocycles. The van der Waals surface area contributed by atoms with Gasteiger partial charge in [0.15, 0.2) is 12.4 Å². The largest absolute Gasteiger partial charge is 0.452 e. The topological polar surface area (TPSA) is 84.9 Å². The highest BCUT2D eigenvalue weighted by Crippen LogP contribution is 2.21. The third kappa shape index (κ3) is 5.94. The average Bonchev–Trinajstić information content (AvgIpc) is 2.89. The third-order valence-corrected chi connectivity index (χ3v) is 5.89. The van der Waals surface area contributed by atoms with Crippen molar-refractivity contribution in [2.45, 2.75) is 13.8 Å². The summed E-state index contributed by atoms with van der Waals surface area (Å²) in [6.07, 6.45) is 0. The second kappa shape index (κ2) is 11.0. The minimum Gasteiger partial charge on any atom is -0.452 e. The van der Waals surface area contributed by atoms with E-state index in [9.17, 15) is 14.4 Å². The fourth-order valence-corrected chi connectivity index (χ4v) is 3.97. The molecule has 0 spiro atoms. The summed E-state index contributed by atoms with van der Waals surface area (Å²) < 4.78 is 10.6. The van der Waals surface area contributed by atoms with Gasteiger partial charge in [-0.05, 0) is 55.8 Å². The summed E-state index contributed by atoms with van der Waals surface area (Å²) in [7, 11) is 0. The van der Waals surface area contributed by atoms with E-state index in [2.05, 4.69) is 10.2 Å². The van der Waals surface area contributed by atoms with Crippen molar-refractivity contribution in [3.05, 3.63) is 94.5 Å². The maximum atomic E-state index is 13.2. The second-order valence-electron chi connectivity index (χ2n) is 8.46. The lowest BCUT2D eigenvalue weighted by molar-refractivity contribution is -0.119. The van der Waals surface area contributed by atoms with Crippen LogP contribution in [-0.4, -0.2) is 50.6 Å². The van der Waals surface area contributed by atoms with Crippen LogP contribution in [0.1, 0.15) is 37.4 Å². The molecule has 0 aromatic heterocycles. The summed E-state index contributed by atoms with van der Waals surface area (Å²) in [6, 6.07) is 19.6. The molecule has 1 N–H and O–H groups in total. The van der Waals surface area contributed by atoms with Crippen molar-refractivity contribution in [2.24, 2.45) is 0 Å². The van der Waals surface area contributed by atoms with Crippen LogP contribution in [0.4, 0.5) is 11.4 Å². The van der Waals surface area contributed by atoms with E-state index in [-0.39, 0.29) is 16.9 Å². The van der Waals surface area contributed by atoms with E-state index >= 15 is 0 Å². The first kappa shape index (κ1) is 24.2. The Morgan fingerprint density at radius 1 is 0.886 bits per heavy atom. The smallest absolute Gasteiger partial charge is 0.339 e. The molecule has 7 nitrogen and oxygen atoms in total. The highest BCUT2D eigenvalue weighted by molar-refractivity contribution is 6.15. The SMILES string of the molecule is Cc1ccc(C)c(C(=O)c2ccccc2C(=O)OCC(=O)Nc2ccc(N3CCOCC3)cc2)c1. The summed E-state index contributed by atoms with van der Waals surface area (Å²) in [5.74, 6) is -1.45. The van der Waals surface area contributed by atoms with Crippen LogP contribution < -0.4 is 10.2 Å². The van der Waals surface area contributed by atoms with Crippen molar-refractivity contribution in [1.82, 2.24) is 0 Å². The highest BCUT2D eigenvalue weighted by atomic mass is 16.5. The van der Waals surface area contributed by atoms with Gasteiger partial charge >= 0.3 is 5.97 Å². The Morgan fingerprint density at radius 2 is 1.57 bits per heavy atom. The molecule has 1 aliphatic rings. The number of hydrogen-bond donors (Lipinski definition) is 1. The molecule has 1 fully saturated rings. The molecular formula is C28H28N2O5. The number of carbonyl (C=O) groups excluding carboxylic acids is 3. The van der Waals surface area contributed by atoms with Crippen LogP contribution in [0.3, 0.4) is 0 Å². The van der Waals surface area contributed by atoms with Gasteiger partial charge in [0.05, 0.1) is 18.8 Å². The highest BCUT2D eigenvalue weighted by Gasteiger charge is 2.21. The van der Waals surface area contributed by atoms with Gasteiger partial charge in [-0.15, -0.1) is 0 Å². The Balaban J connectivity index is 1.38. The molecule has 3 aromatic carbocycles. The van der Waals surface area contributed by atoms with Crippen LogP contribution in [0.25, 0.3) is 0 Å². The van der Waals surface area contributed by atoms with Gasteiger partial charge < -0.3 is 19.7 Å². The minimum absolute atomic E-state index is 0.126. The van der Waals surface area contributed by atoms with Crippen molar-refractivity contribution < 1.29 is 23.9 Å². The van der Waals surface area contributed by atoms with Crippen LogP contribution in [0.5, 0.6) is 0 Å². The van der Waals surface area contributed by atoms with Crippen LogP contribution in [0.15, 0.2) is 66.7 Å². The molecule has 1 heterocycles. The zero-order chi connectivity index (χ0) is 24.8. The van der Waals surface area contributed by atoms with E-state index in [0.29, 0.717) is 24.5 Å². The number of nitrogens with zero attached hydrogens (tertiary/aromatic N) is 1. The van der Waals surface area contributed by atoms with Gasteiger partial charge in [-0.2, -0.15) is 0 Å². The van der Waals surface area contributed by atoms with Gasteiger partial charge in [-0.1, -0.05) is 35.9 Å². The van der Waals surface area contributed by atoms with E-state index in [4.69, 9.17) is 9.47 Å². The summed E-state index contributed by atoms with van der Waals surface area (Å²) in [5.41, 5.74) is 4.34. The predicted octanol–water partition coefficient (Wildman–Crippen LogP) is 4.17. The first-order valence-electron chi connectivity index (χ1n) is 11.5. The van der Waals surface area contributed by atoms with E-state index < -0.39 is 18.5 Å². The van der Waals surface area contributed by atoms with Gasteiger partial charge in [-0.3, -0.25) is 9.59 Å². The van der Waals surface area contributed by atoms with Crippen molar-refractivity contribution in [1.29, 1.82) is 0 Å². The van der Waals surface area contributed by atoms with Crippen LogP contribution in [0.2, 0.25) is 0 Å². The van der Waals surface area contributed by atoms with Gasteiger partial charge in [0.2, 0.25) is 0 Å². The maximum absolute atomic E-state index is 13.2. The number of hydrogen-bond acceptors (Lipinski definition) is 6. The minimum atomic E-state index is -0.725. The molecule has 0 unspecified atom stereocenters. The zero-order valence-electron chi connectivity index (χ0n) is 19.9. The third-order valence-electron chi connectivity index (χ3n) is 5.89. The summed E-state index contributed by atoms with van der Waals surface area (Å²) in [6.45, 7) is 6.35. The number of ketones is 1. The number of ether oxygens (including phenoxy) is 2. The molecule has 0 saturated carbocycles. The predicted molar refractivity (Wildman–Crippen MR) is 134 cm³/mol. The molecule has 35 heavy (non-hydrogen) atoms. The number of anilines is 2. The fraction of sp³-hybridized carbons (Fsp3) is 0.250. The monoisotopic (exact) mass is 472 g/mol. The van der Waals surface area contributed by atoms with Gasteiger partial charge in [0.1, 0.15) is 0 Å². The Labute approximate surface area is 204 Å². The van der Waals surface area contributed by atoms with Crippen LogP contribution in [0, 0.1) is 13.8 Å². The Hall–Kier alpha value is -3.97. The lowest BCUT2D eigenvalue weighted by atomic mass is 9.94. The first-order valence-corrected chi connectivity index (χ1v) is 11.5. The Kier molecular flexibility index (Phi) is 7.57. The van der Waals surface area contributed by atoms with E-state index in [0.717, 1.165) is 29.9 Å². The first-order chi connectivity index (χ1) is 16.9. The standard InChI is InChI=1S/C28H28N2O5/c1-19-7-8-20(2)25(17-19)27(32)23-5-3-4-6-24(23)28(33)35-18-26(31)29-21-9-11-22(12-10-21)30-13-15-34-16-14-30/h3-12,17H,13-16,18H2,1-2H3,(H,29,31). The number of aryl methyl sites for hydroxylation is 2. The van der Waals surface area contributed by atoms with Crippen molar-refractivity contribution in [2.75, 3.05) is 43.1 Å². The molecule has 1 saturated heterocycles. The van der Waals surface area contributed by atoms with Crippen molar-refractivity contribution >= 4 is 29.0 Å². The van der Waals surface area contributed by atoms with Crippen LogP contribution in [-0.2, 0) is 14.3 Å². The molecule has 0 atom stereocenters. The fourth-order valence-electron chi connectivity index (χ4n) is 3.97. The molecule has 1 aliphatic heterocycles. The van der Waals surface area contributed by atoms with Crippen molar-refractivity contribution in [3.8, 4) is 0 Å². The summed E-state index contributed by atoms with van der Waals surface area (Å²) >= 11 is 0. The molecule has 180 valence electrons. The maximum Gasteiger partial charge on any atom is 0.339 e. The van der Waals surface area contributed by atoms with E-state index in [1.807, 2.05) is 50.2 Å². The van der Waals surface area contributed by atoms with Gasteiger partial charge in [-0.25, -0.2) is 4.79 Å². The zero-order valence-corrected chi connectivity index (χ0v) is 19.9. The van der Waals surface area contributed by atoms with Crippen LogP contribution >= 0.6 is 0 Å². The number of morpholine rings is 1. The Morgan fingerprint density at radius 3 is 2.29 bits per heavy atom.